The number of nitrogens with zero attached hydrogens (tertiary/aromatic N) is 4. The lowest BCUT2D eigenvalue weighted by molar-refractivity contribution is -0.218. The minimum Gasteiger partial charge on any atom is -0.490 e. The Morgan fingerprint density at radius 3 is 2.51 bits per heavy atom. The zero-order valence-corrected chi connectivity index (χ0v) is 23.6. The van der Waals surface area contributed by atoms with Crippen molar-refractivity contribution in [2.24, 2.45) is 21.6 Å². The van der Waals surface area contributed by atoms with Crippen molar-refractivity contribution in [2.45, 2.75) is 31.5 Å². The number of thiazole rings is 1. The number of β-lactam (4-membered cyclic amide) rings is 1. The van der Waals surface area contributed by atoms with Gasteiger partial charge in [0, 0.05) is 17.5 Å². The largest absolute Gasteiger partial charge is 0.490 e. The van der Waals surface area contributed by atoms with E-state index in [1.165, 1.54) is 19.2 Å². The summed E-state index contributed by atoms with van der Waals surface area (Å²) in [5, 5.41) is 17.5. The second-order valence-electron chi connectivity index (χ2n) is 9.00. The van der Waals surface area contributed by atoms with E-state index >= 15 is 0 Å². The van der Waals surface area contributed by atoms with Crippen LogP contribution in [0.3, 0.4) is 0 Å². The number of oxime groups is 1. The van der Waals surface area contributed by atoms with Crippen molar-refractivity contribution in [1.82, 2.24) is 15.4 Å². The van der Waals surface area contributed by atoms with E-state index in [1.807, 2.05) is 0 Å². The van der Waals surface area contributed by atoms with Gasteiger partial charge in [-0.1, -0.05) is 5.16 Å². The fraction of sp³-hybridized carbons (Fsp3) is 0.409. The normalized spacial score (nSPS) is 18.0. The maximum atomic E-state index is 13.0. The van der Waals surface area contributed by atoms with Gasteiger partial charge in [0.15, 0.2) is 17.5 Å². The van der Waals surface area contributed by atoms with Gasteiger partial charge in [0.2, 0.25) is 0 Å². The molecular formula is C22H30N8O9S2. The molecule has 9 N–H and O–H groups in total. The van der Waals surface area contributed by atoms with E-state index in [9.17, 15) is 23.1 Å². The predicted molar refractivity (Wildman–Crippen MR) is 147 cm³/mol. The van der Waals surface area contributed by atoms with Gasteiger partial charge in [-0.25, -0.2) is 4.98 Å². The highest BCUT2D eigenvalue weighted by atomic mass is 32.3. The number of amidine groups is 1. The number of ether oxygens (including phenoxy) is 1. The monoisotopic (exact) mass is 614 g/mol. The average Bonchev–Trinajstić information content (AvgIpc) is 3.35. The maximum absolute atomic E-state index is 13.0. The highest BCUT2D eigenvalue weighted by Gasteiger charge is 2.58. The van der Waals surface area contributed by atoms with Crippen LogP contribution < -0.4 is 27.3 Å². The van der Waals surface area contributed by atoms with Crippen LogP contribution in [0.4, 0.5) is 5.13 Å². The van der Waals surface area contributed by atoms with E-state index < -0.39 is 39.8 Å². The van der Waals surface area contributed by atoms with E-state index in [-0.39, 0.29) is 48.7 Å². The van der Waals surface area contributed by atoms with Gasteiger partial charge in [-0.05, 0) is 38.1 Å². The van der Waals surface area contributed by atoms with Crippen LogP contribution in [0.15, 0.2) is 39.8 Å². The van der Waals surface area contributed by atoms with Crippen LogP contribution in [0.25, 0.3) is 0 Å². The fourth-order valence-corrected chi connectivity index (χ4v) is 4.49. The Bertz CT molecular complexity index is 1410. The first-order valence-electron chi connectivity index (χ1n) is 11.9. The van der Waals surface area contributed by atoms with Crippen molar-refractivity contribution in [1.29, 1.82) is 0 Å². The highest BCUT2D eigenvalue weighted by Crippen LogP contribution is 2.33. The average molecular weight is 615 g/mol. The standard InChI is InChI=1S/C22H30N8O9S2/c1-22(2)17(20(33)30(22)39-41(34,35)36)28-19(32)16(15-11-40-21(25)27-15)29-38-8-7-37-14-5-3-12(4-6-14)18(24)26-13(9-23)10-31/h3-6,11,13,17,31H,7-10,23H2,1-2H3,(H2,24,26)(H2,25,27)(H,28,32)(H,34,35,36)/b29-16-/t13-,17-/m1/s1. The lowest BCUT2D eigenvalue weighted by Crippen LogP contribution is -2.76. The van der Waals surface area contributed by atoms with Crippen molar-refractivity contribution in [2.75, 3.05) is 32.1 Å². The summed E-state index contributed by atoms with van der Waals surface area (Å²) in [6, 6.07) is 4.96. The van der Waals surface area contributed by atoms with Crippen molar-refractivity contribution in [3.63, 3.8) is 0 Å². The number of hydrogen-bond acceptors (Lipinski definition) is 14. The first kappa shape index (κ1) is 31.6. The number of carbonyl (C=O) groups excluding carboxylic acids is 2. The van der Waals surface area contributed by atoms with E-state index in [1.54, 1.807) is 24.3 Å². The summed E-state index contributed by atoms with van der Waals surface area (Å²) >= 11 is 1.05. The number of amides is 2. The van der Waals surface area contributed by atoms with E-state index in [4.69, 9.17) is 31.3 Å². The first-order valence-corrected chi connectivity index (χ1v) is 14.1. The molecule has 0 unspecified atom stereocenters. The zero-order valence-electron chi connectivity index (χ0n) is 22.0. The van der Waals surface area contributed by atoms with Crippen molar-refractivity contribution in [3.05, 3.63) is 40.9 Å². The Balaban J connectivity index is 1.60. The molecule has 2 atom stereocenters. The Hall–Kier alpha value is -3.88. The number of hydrogen-bond donors (Lipinski definition) is 6. The van der Waals surface area contributed by atoms with Gasteiger partial charge in [-0.2, -0.15) is 13.5 Å². The smallest absolute Gasteiger partial charge is 0.418 e. The van der Waals surface area contributed by atoms with Gasteiger partial charge in [0.05, 0.1) is 18.2 Å². The van der Waals surface area contributed by atoms with Crippen LogP contribution in [0.1, 0.15) is 25.1 Å². The van der Waals surface area contributed by atoms with Crippen molar-refractivity contribution >= 4 is 50.2 Å². The number of rotatable bonds is 14. The van der Waals surface area contributed by atoms with Crippen LogP contribution in [-0.4, -0.2) is 95.5 Å². The number of aliphatic imine (C=N–C) groups is 1. The SMILES string of the molecule is CC1(C)[C@H](NC(=O)/C(=N\OCCOc2ccc(C(N)=N[C@H](CN)CO)cc2)c2csc(N)n2)C(=O)N1OS(=O)(=O)O. The molecule has 0 spiro atoms. The molecule has 41 heavy (non-hydrogen) atoms. The Morgan fingerprint density at radius 1 is 1.29 bits per heavy atom. The summed E-state index contributed by atoms with van der Waals surface area (Å²) in [5.41, 5.74) is 16.2. The minimum atomic E-state index is -4.96. The Morgan fingerprint density at radius 2 is 1.98 bits per heavy atom. The number of nitrogens with two attached hydrogens (primary N) is 3. The van der Waals surface area contributed by atoms with Crippen molar-refractivity contribution < 1.29 is 41.5 Å². The van der Waals surface area contributed by atoms with Crippen LogP contribution in [0.5, 0.6) is 5.75 Å². The number of anilines is 1. The molecule has 17 nitrogen and oxygen atoms in total. The first-order chi connectivity index (χ1) is 19.3. The fourth-order valence-electron chi connectivity index (χ4n) is 3.49. The molecule has 1 aromatic heterocycles. The van der Waals surface area contributed by atoms with Crippen molar-refractivity contribution in [3.8, 4) is 5.75 Å². The van der Waals surface area contributed by atoms with Gasteiger partial charge < -0.3 is 37.2 Å². The van der Waals surface area contributed by atoms with Gasteiger partial charge in [-0.15, -0.1) is 15.6 Å². The van der Waals surface area contributed by atoms with E-state index in [2.05, 4.69) is 24.7 Å². The molecule has 224 valence electrons. The summed E-state index contributed by atoms with van der Waals surface area (Å²) in [7, 11) is -4.96. The molecule has 19 heteroatoms. The molecule has 0 bridgehead atoms. The third-order valence-corrected chi connectivity index (χ3v) is 6.67. The Labute approximate surface area is 238 Å². The van der Waals surface area contributed by atoms with Gasteiger partial charge in [0.25, 0.3) is 11.8 Å². The molecule has 1 aliphatic rings. The summed E-state index contributed by atoms with van der Waals surface area (Å²) in [6.45, 7) is 2.71. The molecule has 3 rings (SSSR count). The molecule has 1 saturated heterocycles. The molecule has 1 aliphatic heterocycles. The molecule has 2 heterocycles. The van der Waals surface area contributed by atoms with Gasteiger partial charge in [-0.3, -0.25) is 19.1 Å². The number of aromatic nitrogens is 1. The molecule has 1 aromatic carbocycles. The molecule has 1 fully saturated rings. The highest BCUT2D eigenvalue weighted by molar-refractivity contribution is 7.80. The lowest BCUT2D eigenvalue weighted by Gasteiger charge is -2.50. The number of nitrogen functional groups attached to an aromatic ring is 1. The number of nitrogens with one attached hydrogen (secondary N) is 1. The quantitative estimate of drug-likeness (QED) is 0.0349. The molecule has 0 saturated carbocycles. The maximum Gasteiger partial charge on any atom is 0.418 e. The molecule has 2 amide bonds. The number of hydroxylamine groups is 2. The lowest BCUT2D eigenvalue weighted by atomic mass is 9.84. The van der Waals surface area contributed by atoms with Crippen LogP contribution in [-0.2, 0) is 29.1 Å². The zero-order chi connectivity index (χ0) is 30.4. The predicted octanol–water partition coefficient (Wildman–Crippen LogP) is -1.61. The topological polar surface area (TPSA) is 267 Å². The molecule has 0 aliphatic carbocycles. The Kier molecular flexibility index (Phi) is 10.2. The number of carbonyl (C=O) groups is 2. The number of aliphatic hydroxyl groups is 1. The van der Waals surface area contributed by atoms with Crippen LogP contribution in [0, 0.1) is 0 Å². The molecular weight excluding hydrogens is 584 g/mol. The minimum absolute atomic E-state index is 0.0381. The number of aliphatic hydroxyl groups excluding tert-OH is 1. The summed E-state index contributed by atoms with van der Waals surface area (Å²) in [4.78, 5) is 38.8. The third kappa shape index (κ3) is 8.08. The summed E-state index contributed by atoms with van der Waals surface area (Å²) in [6.07, 6.45) is 0. The van der Waals surface area contributed by atoms with Gasteiger partial charge >= 0.3 is 10.4 Å². The van der Waals surface area contributed by atoms with E-state index in [0.717, 1.165) is 11.3 Å². The van der Waals surface area contributed by atoms with Crippen LogP contribution in [0.2, 0.25) is 0 Å². The van der Waals surface area contributed by atoms with Gasteiger partial charge in [0.1, 0.15) is 29.9 Å². The third-order valence-electron chi connectivity index (χ3n) is 5.65. The van der Waals surface area contributed by atoms with Crippen LogP contribution >= 0.6 is 11.3 Å². The van der Waals surface area contributed by atoms with E-state index in [0.29, 0.717) is 16.4 Å². The molecule has 0 radical (unpaired) electrons. The second-order valence-corrected chi connectivity index (χ2v) is 10.9. The second kappa shape index (κ2) is 13.2. The molecule has 2 aromatic rings. The summed E-state index contributed by atoms with van der Waals surface area (Å²) in [5.74, 6) is -1.07. The number of benzene rings is 1. The summed E-state index contributed by atoms with van der Waals surface area (Å²) < 4.78 is 40.8.